The van der Waals surface area contributed by atoms with Gasteiger partial charge in [0.2, 0.25) is 0 Å². The highest BCUT2D eigenvalue weighted by atomic mass is 32.2. The molecule has 0 aliphatic rings. The van der Waals surface area contributed by atoms with Crippen molar-refractivity contribution in [3.8, 4) is 0 Å². The Balaban J connectivity index is 3.11. The lowest BCUT2D eigenvalue weighted by atomic mass is 10.1. The Labute approximate surface area is 87.8 Å². The minimum Gasteiger partial charge on any atom is -0.303 e. The Morgan fingerprint density at radius 1 is 1.40 bits per heavy atom. The van der Waals surface area contributed by atoms with Gasteiger partial charge in [-0.1, -0.05) is 6.07 Å². The maximum absolute atomic E-state index is 13.1. The molecule has 1 rings (SSSR count). The lowest BCUT2D eigenvalue weighted by Crippen LogP contribution is -2.02. The fourth-order valence-electron chi connectivity index (χ4n) is 1.21. The molecule has 15 heavy (non-hydrogen) atoms. The van der Waals surface area contributed by atoms with Crippen molar-refractivity contribution in [3.05, 3.63) is 29.6 Å². The molecule has 0 saturated carbocycles. The third kappa shape index (κ3) is 3.13. The van der Waals surface area contributed by atoms with Gasteiger partial charge in [-0.15, -0.1) is 0 Å². The highest BCUT2D eigenvalue weighted by Crippen LogP contribution is 2.16. The molecular formula is C10H11FO3S. The predicted molar refractivity (Wildman–Crippen MR) is 53.9 cm³/mol. The van der Waals surface area contributed by atoms with Crippen molar-refractivity contribution in [2.24, 2.45) is 0 Å². The fourth-order valence-corrected chi connectivity index (χ4v) is 2.00. The van der Waals surface area contributed by atoms with Crippen molar-refractivity contribution in [3.63, 3.8) is 0 Å². The third-order valence-electron chi connectivity index (χ3n) is 1.95. The van der Waals surface area contributed by atoms with Crippen molar-refractivity contribution in [1.29, 1.82) is 0 Å². The van der Waals surface area contributed by atoms with Gasteiger partial charge in [0, 0.05) is 12.7 Å². The number of hydrogen-bond donors (Lipinski definition) is 0. The van der Waals surface area contributed by atoms with Gasteiger partial charge in [0.25, 0.3) is 0 Å². The second kappa shape index (κ2) is 4.53. The van der Waals surface area contributed by atoms with Crippen LogP contribution in [-0.4, -0.2) is 21.0 Å². The quantitative estimate of drug-likeness (QED) is 0.734. The second-order valence-corrected chi connectivity index (χ2v) is 5.23. The summed E-state index contributed by atoms with van der Waals surface area (Å²) in [6.07, 6.45) is 2.42. The molecule has 0 fully saturated rings. The summed E-state index contributed by atoms with van der Waals surface area (Å²) in [6.45, 7) is 0. The van der Waals surface area contributed by atoms with Gasteiger partial charge >= 0.3 is 0 Å². The molecule has 0 unspecified atom stereocenters. The smallest absolute Gasteiger partial charge is 0.178 e. The second-order valence-electron chi connectivity index (χ2n) is 3.24. The molecule has 82 valence electrons. The van der Waals surface area contributed by atoms with Crippen molar-refractivity contribution in [2.45, 2.75) is 17.7 Å². The molecule has 0 atom stereocenters. The van der Waals surface area contributed by atoms with E-state index in [1.165, 1.54) is 12.1 Å². The van der Waals surface area contributed by atoms with Gasteiger partial charge in [0.1, 0.15) is 17.0 Å². The molecule has 0 aliphatic heterocycles. The number of halogens is 1. The standard InChI is InChI=1S/C10H11FO3S/c1-15(13,14)10-7-8(3-2-6-12)4-5-9(10)11/h4-7H,2-3H2,1H3. The molecule has 3 nitrogen and oxygen atoms in total. The Hall–Kier alpha value is -1.23. The molecule has 1 aromatic rings. The number of aldehydes is 1. The SMILES string of the molecule is CS(=O)(=O)c1cc(CCC=O)ccc1F. The van der Waals surface area contributed by atoms with Gasteiger partial charge < -0.3 is 4.79 Å². The van der Waals surface area contributed by atoms with Crippen molar-refractivity contribution in [2.75, 3.05) is 6.26 Å². The number of aryl methyl sites for hydroxylation is 1. The zero-order valence-corrected chi connectivity index (χ0v) is 9.05. The molecular weight excluding hydrogens is 219 g/mol. The Bertz CT molecular complexity index is 466. The predicted octanol–water partition coefficient (Wildman–Crippen LogP) is 1.36. The van der Waals surface area contributed by atoms with Crippen LogP contribution in [-0.2, 0) is 21.1 Å². The van der Waals surface area contributed by atoms with Crippen LogP contribution in [0.4, 0.5) is 4.39 Å². The largest absolute Gasteiger partial charge is 0.303 e. The number of benzene rings is 1. The molecule has 0 N–H and O–H groups in total. The summed E-state index contributed by atoms with van der Waals surface area (Å²) in [5.74, 6) is -0.757. The van der Waals surface area contributed by atoms with E-state index in [2.05, 4.69) is 0 Å². The van der Waals surface area contributed by atoms with Gasteiger partial charge in [-0.25, -0.2) is 12.8 Å². The van der Waals surface area contributed by atoms with E-state index < -0.39 is 15.7 Å². The van der Waals surface area contributed by atoms with Gasteiger partial charge in [-0.3, -0.25) is 0 Å². The van der Waals surface area contributed by atoms with E-state index in [1.807, 2.05) is 0 Å². The molecule has 0 spiro atoms. The Morgan fingerprint density at radius 2 is 2.07 bits per heavy atom. The first-order valence-corrected chi connectivity index (χ1v) is 6.26. The van der Waals surface area contributed by atoms with E-state index in [0.29, 0.717) is 18.4 Å². The van der Waals surface area contributed by atoms with Gasteiger partial charge in [-0.2, -0.15) is 0 Å². The average molecular weight is 230 g/mol. The molecule has 0 amide bonds. The summed E-state index contributed by atoms with van der Waals surface area (Å²) in [4.78, 5) is 9.82. The van der Waals surface area contributed by atoms with Gasteiger partial charge in [0.05, 0.1) is 0 Å². The van der Waals surface area contributed by atoms with Crippen LogP contribution in [0.25, 0.3) is 0 Å². The number of carbonyl (C=O) groups is 1. The number of rotatable bonds is 4. The third-order valence-corrected chi connectivity index (χ3v) is 3.06. The molecule has 0 aliphatic carbocycles. The summed E-state index contributed by atoms with van der Waals surface area (Å²) < 4.78 is 35.5. The van der Waals surface area contributed by atoms with E-state index in [1.54, 1.807) is 0 Å². The first-order valence-electron chi connectivity index (χ1n) is 4.37. The lowest BCUT2D eigenvalue weighted by Gasteiger charge is -2.03. The number of carbonyl (C=O) groups excluding carboxylic acids is 1. The van der Waals surface area contributed by atoms with E-state index in [4.69, 9.17) is 0 Å². The summed E-state index contributed by atoms with van der Waals surface area (Å²) in [5.41, 5.74) is 0.643. The van der Waals surface area contributed by atoms with Crippen LogP contribution >= 0.6 is 0 Å². The summed E-state index contributed by atoms with van der Waals surface area (Å²) in [5, 5.41) is 0. The zero-order valence-electron chi connectivity index (χ0n) is 8.23. The van der Waals surface area contributed by atoms with Gasteiger partial charge in [-0.05, 0) is 24.1 Å². The summed E-state index contributed by atoms with van der Waals surface area (Å²) >= 11 is 0. The van der Waals surface area contributed by atoms with Crippen LogP contribution < -0.4 is 0 Å². The number of sulfone groups is 1. The molecule has 0 bridgehead atoms. The molecule has 0 aromatic heterocycles. The minimum atomic E-state index is -3.54. The maximum atomic E-state index is 13.1. The maximum Gasteiger partial charge on any atom is 0.178 e. The van der Waals surface area contributed by atoms with Crippen molar-refractivity contribution >= 4 is 16.1 Å². The van der Waals surface area contributed by atoms with E-state index in [-0.39, 0.29) is 4.90 Å². The Morgan fingerprint density at radius 3 is 2.60 bits per heavy atom. The van der Waals surface area contributed by atoms with Crippen LogP contribution in [0.5, 0.6) is 0 Å². The first kappa shape index (κ1) is 11.8. The highest BCUT2D eigenvalue weighted by Gasteiger charge is 2.13. The fraction of sp³-hybridized carbons (Fsp3) is 0.300. The van der Waals surface area contributed by atoms with E-state index in [9.17, 15) is 17.6 Å². The molecule has 5 heteroatoms. The molecule has 1 aromatic carbocycles. The lowest BCUT2D eigenvalue weighted by molar-refractivity contribution is -0.107. The number of hydrogen-bond acceptors (Lipinski definition) is 3. The zero-order chi connectivity index (χ0) is 11.5. The summed E-state index contributed by atoms with van der Waals surface area (Å²) in [7, 11) is -3.54. The first-order chi connectivity index (χ1) is 6.95. The monoisotopic (exact) mass is 230 g/mol. The van der Waals surface area contributed by atoms with Crippen LogP contribution in [0.1, 0.15) is 12.0 Å². The van der Waals surface area contributed by atoms with Crippen molar-refractivity contribution < 1.29 is 17.6 Å². The van der Waals surface area contributed by atoms with Crippen molar-refractivity contribution in [1.82, 2.24) is 0 Å². The van der Waals surface area contributed by atoms with Crippen LogP contribution in [0, 0.1) is 5.82 Å². The topological polar surface area (TPSA) is 51.2 Å². The van der Waals surface area contributed by atoms with E-state index >= 15 is 0 Å². The average Bonchev–Trinajstić information content (AvgIpc) is 2.15. The van der Waals surface area contributed by atoms with E-state index in [0.717, 1.165) is 18.6 Å². The van der Waals surface area contributed by atoms with Gasteiger partial charge in [0.15, 0.2) is 9.84 Å². The summed E-state index contributed by atoms with van der Waals surface area (Å²) in [6, 6.07) is 3.86. The molecule has 0 heterocycles. The minimum absolute atomic E-state index is 0.300. The highest BCUT2D eigenvalue weighted by molar-refractivity contribution is 7.90. The van der Waals surface area contributed by atoms with Crippen LogP contribution in [0.2, 0.25) is 0 Å². The normalized spacial score (nSPS) is 11.3. The Kier molecular flexibility index (Phi) is 3.57. The van der Waals surface area contributed by atoms with Crippen LogP contribution in [0.3, 0.4) is 0 Å². The molecule has 0 saturated heterocycles. The molecule has 0 radical (unpaired) electrons. The van der Waals surface area contributed by atoms with Crippen LogP contribution in [0.15, 0.2) is 23.1 Å².